The maximum absolute atomic E-state index is 13.2. The fraction of sp³-hybridized carbons (Fsp3) is 1.00. The van der Waals surface area contributed by atoms with Gasteiger partial charge in [0.1, 0.15) is 20.1 Å². The second kappa shape index (κ2) is 2.82. The van der Waals surface area contributed by atoms with Crippen LogP contribution in [0.1, 0.15) is 12.8 Å². The molecule has 0 aromatic carbocycles. The summed E-state index contributed by atoms with van der Waals surface area (Å²) in [7, 11) is 1.92. The molecule has 0 spiro atoms. The molecule has 12 heavy (non-hydrogen) atoms. The van der Waals surface area contributed by atoms with E-state index in [1.807, 2.05) is 30.4 Å². The first-order valence-corrected chi connectivity index (χ1v) is 5.43. The van der Waals surface area contributed by atoms with Gasteiger partial charge in [0.05, 0.1) is 9.53 Å². The van der Waals surface area contributed by atoms with Crippen molar-refractivity contribution in [1.82, 2.24) is 0 Å². The topological polar surface area (TPSA) is 29.5 Å². The molecule has 0 amide bonds. The molecule has 1 saturated carbocycles. The van der Waals surface area contributed by atoms with Crippen LogP contribution in [0.15, 0.2) is 0 Å². The van der Waals surface area contributed by atoms with Gasteiger partial charge >= 0.3 is 0 Å². The summed E-state index contributed by atoms with van der Waals surface area (Å²) in [6.45, 7) is 0. The van der Waals surface area contributed by atoms with Crippen molar-refractivity contribution in [2.75, 3.05) is 0 Å². The van der Waals surface area contributed by atoms with Crippen molar-refractivity contribution < 1.29 is 14.2 Å². The van der Waals surface area contributed by atoms with Gasteiger partial charge in [0.15, 0.2) is 0 Å². The first-order valence-electron chi connectivity index (χ1n) is 4.19. The summed E-state index contributed by atoms with van der Waals surface area (Å²) in [5.41, 5.74) is -0.884. The SMILES string of the molecule is BC1CC2(O)CC(F)C(I)C2O1. The smallest absolute Gasteiger partial charge is 0.139 e. The lowest BCUT2D eigenvalue weighted by molar-refractivity contribution is -0.0143. The van der Waals surface area contributed by atoms with Crippen LogP contribution in [-0.2, 0) is 4.74 Å². The normalized spacial score (nSPS) is 58.9. The third-order valence-corrected chi connectivity index (χ3v) is 4.17. The van der Waals surface area contributed by atoms with Gasteiger partial charge in [-0.1, -0.05) is 22.6 Å². The molecular weight excluding hydrogens is 273 g/mol. The third-order valence-electron chi connectivity index (χ3n) is 2.73. The average Bonchev–Trinajstić information content (AvgIpc) is 2.31. The molecule has 2 rings (SSSR count). The highest BCUT2D eigenvalue weighted by molar-refractivity contribution is 14.1. The maximum Gasteiger partial charge on any atom is 0.139 e. The first-order chi connectivity index (χ1) is 5.53. The maximum atomic E-state index is 13.2. The predicted molar refractivity (Wildman–Crippen MR) is 54.1 cm³/mol. The lowest BCUT2D eigenvalue weighted by Crippen LogP contribution is -2.35. The fourth-order valence-corrected chi connectivity index (χ4v) is 3.34. The summed E-state index contributed by atoms with van der Waals surface area (Å²) >= 11 is 2.04. The van der Waals surface area contributed by atoms with E-state index in [2.05, 4.69) is 0 Å². The van der Waals surface area contributed by atoms with Crippen LogP contribution in [0.4, 0.5) is 4.39 Å². The molecule has 2 nitrogen and oxygen atoms in total. The Kier molecular flexibility index (Phi) is 2.16. The van der Waals surface area contributed by atoms with Gasteiger partial charge in [-0.15, -0.1) is 0 Å². The van der Waals surface area contributed by atoms with Gasteiger partial charge in [0, 0.05) is 12.4 Å². The Labute approximate surface area is 85.4 Å². The van der Waals surface area contributed by atoms with Crippen LogP contribution in [-0.4, -0.2) is 40.8 Å². The highest BCUT2D eigenvalue weighted by Crippen LogP contribution is 2.46. The summed E-state index contributed by atoms with van der Waals surface area (Å²) in [5, 5.41) is 9.97. The highest BCUT2D eigenvalue weighted by Gasteiger charge is 2.57. The molecule has 5 heteroatoms. The molecule has 0 bridgehead atoms. The van der Waals surface area contributed by atoms with Crippen molar-refractivity contribution in [3.8, 4) is 0 Å². The van der Waals surface area contributed by atoms with Crippen molar-refractivity contribution in [1.29, 1.82) is 0 Å². The molecule has 1 N–H and O–H groups in total. The van der Waals surface area contributed by atoms with Gasteiger partial charge in [0.2, 0.25) is 0 Å². The molecule has 0 aromatic heterocycles. The Bertz CT molecular complexity index is 206. The number of aliphatic hydroxyl groups is 1. The Morgan fingerprint density at radius 3 is 2.83 bits per heavy atom. The van der Waals surface area contributed by atoms with Crippen LogP contribution in [0.5, 0.6) is 0 Å². The second-order valence-corrected chi connectivity index (χ2v) is 5.28. The standard InChI is InChI=1S/C7H11BFIO2/c8-4-2-7(11)1-3(9)5(10)6(7)12-4/h3-6,11H,1-2,8H2. The molecule has 2 aliphatic rings. The van der Waals surface area contributed by atoms with Crippen LogP contribution in [0.3, 0.4) is 0 Å². The number of rotatable bonds is 0. The van der Waals surface area contributed by atoms with E-state index in [1.54, 1.807) is 0 Å². The van der Waals surface area contributed by atoms with E-state index in [0.29, 0.717) is 6.42 Å². The van der Waals surface area contributed by atoms with Gasteiger partial charge in [0.25, 0.3) is 0 Å². The minimum Gasteiger partial charge on any atom is -0.387 e. The van der Waals surface area contributed by atoms with Crippen LogP contribution >= 0.6 is 22.6 Å². The van der Waals surface area contributed by atoms with E-state index < -0.39 is 11.8 Å². The molecule has 0 radical (unpaired) electrons. The van der Waals surface area contributed by atoms with Crippen LogP contribution in [0.2, 0.25) is 0 Å². The summed E-state index contributed by atoms with van der Waals surface area (Å²) in [6.07, 6.45) is -0.371. The molecule has 5 unspecified atom stereocenters. The van der Waals surface area contributed by atoms with Gasteiger partial charge < -0.3 is 9.84 Å². The number of halogens is 2. The van der Waals surface area contributed by atoms with Crippen molar-refractivity contribution >= 4 is 30.4 Å². The van der Waals surface area contributed by atoms with E-state index in [0.717, 1.165) is 0 Å². The predicted octanol–water partition coefficient (Wildman–Crippen LogP) is 0.0110. The lowest BCUT2D eigenvalue weighted by Gasteiger charge is -2.20. The van der Waals surface area contributed by atoms with E-state index in [4.69, 9.17) is 4.74 Å². The van der Waals surface area contributed by atoms with Crippen LogP contribution in [0.25, 0.3) is 0 Å². The zero-order chi connectivity index (χ0) is 8.93. The van der Waals surface area contributed by atoms with E-state index in [1.165, 1.54) is 0 Å². The fourth-order valence-electron chi connectivity index (χ4n) is 2.25. The summed E-state index contributed by atoms with van der Waals surface area (Å²) in [5.74, 6) is 0. The Hall–Kier alpha value is 0.645. The number of hydrogen-bond donors (Lipinski definition) is 1. The van der Waals surface area contributed by atoms with Gasteiger partial charge in [-0.2, -0.15) is 0 Å². The molecular formula is C7H11BFIO2. The largest absolute Gasteiger partial charge is 0.387 e. The first kappa shape index (κ1) is 9.21. The molecule has 1 aliphatic carbocycles. The third kappa shape index (κ3) is 1.21. The molecule has 5 atom stereocenters. The average molecular weight is 284 g/mol. The minimum absolute atomic E-state index is 0.0739. The van der Waals surface area contributed by atoms with E-state index in [9.17, 15) is 9.50 Å². The van der Waals surface area contributed by atoms with Crippen molar-refractivity contribution in [2.45, 2.75) is 40.6 Å². The Balaban J connectivity index is 2.20. The van der Waals surface area contributed by atoms with Crippen molar-refractivity contribution in [3.63, 3.8) is 0 Å². The quantitative estimate of drug-likeness (QED) is 0.386. The van der Waals surface area contributed by atoms with Gasteiger partial charge in [-0.25, -0.2) is 4.39 Å². The summed E-state index contributed by atoms with van der Waals surface area (Å²) in [4.78, 5) is 0. The number of hydrogen-bond acceptors (Lipinski definition) is 2. The van der Waals surface area contributed by atoms with Crippen LogP contribution < -0.4 is 0 Å². The van der Waals surface area contributed by atoms with Gasteiger partial charge in [-0.05, 0) is 6.42 Å². The monoisotopic (exact) mass is 284 g/mol. The Morgan fingerprint density at radius 2 is 2.25 bits per heavy atom. The number of ether oxygens (including phenoxy) is 1. The van der Waals surface area contributed by atoms with Crippen LogP contribution in [0, 0.1) is 0 Å². The molecule has 0 aromatic rings. The molecule has 1 aliphatic heterocycles. The summed E-state index contributed by atoms with van der Waals surface area (Å²) < 4.78 is 18.5. The zero-order valence-electron chi connectivity index (χ0n) is 6.84. The van der Waals surface area contributed by atoms with Gasteiger partial charge in [-0.3, -0.25) is 0 Å². The van der Waals surface area contributed by atoms with Crippen molar-refractivity contribution in [3.05, 3.63) is 0 Å². The number of alkyl halides is 2. The second-order valence-electron chi connectivity index (χ2n) is 3.84. The molecule has 1 heterocycles. The van der Waals surface area contributed by atoms with E-state index in [-0.39, 0.29) is 22.5 Å². The molecule has 68 valence electrons. The van der Waals surface area contributed by atoms with Crippen molar-refractivity contribution in [2.24, 2.45) is 0 Å². The lowest BCUT2D eigenvalue weighted by atomic mass is 9.88. The molecule has 1 saturated heterocycles. The zero-order valence-corrected chi connectivity index (χ0v) is 8.99. The minimum atomic E-state index is -0.909. The summed E-state index contributed by atoms with van der Waals surface area (Å²) in [6, 6.07) is 0.0739. The Morgan fingerprint density at radius 1 is 1.58 bits per heavy atom. The van der Waals surface area contributed by atoms with E-state index >= 15 is 0 Å². The number of fused-ring (bicyclic) bond motifs is 1. The molecule has 2 fully saturated rings. The highest BCUT2D eigenvalue weighted by atomic mass is 127.